The van der Waals surface area contributed by atoms with Gasteiger partial charge in [0.15, 0.2) is 0 Å². The van der Waals surface area contributed by atoms with Crippen LogP contribution >= 0.6 is 0 Å². The van der Waals surface area contributed by atoms with Crippen molar-refractivity contribution >= 4 is 23.4 Å². The highest BCUT2D eigenvalue weighted by molar-refractivity contribution is 6.16. The van der Waals surface area contributed by atoms with Gasteiger partial charge in [0.25, 0.3) is 11.8 Å². The van der Waals surface area contributed by atoms with Crippen LogP contribution in [-0.4, -0.2) is 46.0 Å². The van der Waals surface area contributed by atoms with Gasteiger partial charge in [-0.15, -0.1) is 0 Å². The summed E-state index contributed by atoms with van der Waals surface area (Å²) in [5.74, 6) is -0.809. The molecule has 2 aromatic rings. The lowest BCUT2D eigenvalue weighted by atomic mass is 9.86. The Labute approximate surface area is 194 Å². The lowest BCUT2D eigenvalue weighted by Crippen LogP contribution is -2.70. The highest BCUT2D eigenvalue weighted by Crippen LogP contribution is 2.45. The molecule has 0 bridgehead atoms. The topological polar surface area (TPSA) is 90.0 Å². The van der Waals surface area contributed by atoms with Crippen LogP contribution in [0.1, 0.15) is 56.0 Å². The molecule has 2 atom stereocenters. The third-order valence-electron chi connectivity index (χ3n) is 6.50. The van der Waals surface area contributed by atoms with E-state index >= 15 is 0 Å². The number of aliphatic hydroxyl groups is 1. The van der Waals surface area contributed by atoms with Gasteiger partial charge in [-0.2, -0.15) is 0 Å². The molecule has 0 spiro atoms. The van der Waals surface area contributed by atoms with Crippen LogP contribution in [0.25, 0.3) is 0 Å². The van der Waals surface area contributed by atoms with Gasteiger partial charge in [0.1, 0.15) is 0 Å². The second kappa shape index (κ2) is 8.63. The molecule has 0 aliphatic carbocycles. The molecule has 0 radical (unpaired) electrons. The highest BCUT2D eigenvalue weighted by Gasteiger charge is 2.60. The molecule has 174 valence electrons. The summed E-state index contributed by atoms with van der Waals surface area (Å²) >= 11 is 0. The largest absolute Gasteiger partial charge is 0.393 e. The number of hydrogen-bond donors (Lipinski definition) is 2. The van der Waals surface area contributed by atoms with Gasteiger partial charge in [0.05, 0.1) is 17.4 Å². The van der Waals surface area contributed by atoms with E-state index in [2.05, 4.69) is 5.32 Å². The maximum Gasteiger partial charge on any atom is 0.267 e. The molecule has 2 aliphatic rings. The van der Waals surface area contributed by atoms with Crippen molar-refractivity contribution in [3.8, 4) is 0 Å². The van der Waals surface area contributed by atoms with E-state index in [9.17, 15) is 19.5 Å². The Morgan fingerprint density at radius 2 is 1.79 bits per heavy atom. The smallest absolute Gasteiger partial charge is 0.267 e. The molecule has 2 aliphatic heterocycles. The molecule has 4 rings (SSSR count). The van der Waals surface area contributed by atoms with E-state index in [4.69, 9.17) is 0 Å². The summed E-state index contributed by atoms with van der Waals surface area (Å²) in [7, 11) is 0. The number of hydrogen-bond acceptors (Lipinski definition) is 4. The van der Waals surface area contributed by atoms with E-state index in [1.54, 1.807) is 36.1 Å². The standard InChI is InChI=1S/C26H31N3O4/c1-18(30)15-25(2,3)17-27-24(33)26-14-13-22(31)29(26)21-12-8-7-11-20(21)23(32)28(26)16-19-9-5-4-6-10-19/h4-12,18,30H,13-17H2,1-3H3,(H,27,33)/t18-,26-/m0/s1. The lowest BCUT2D eigenvalue weighted by molar-refractivity contribution is -0.134. The van der Waals surface area contributed by atoms with E-state index in [1.165, 1.54) is 4.90 Å². The Kier molecular flexibility index (Phi) is 6.01. The van der Waals surface area contributed by atoms with Crippen LogP contribution in [0.4, 0.5) is 5.69 Å². The van der Waals surface area contributed by atoms with Gasteiger partial charge in [-0.25, -0.2) is 0 Å². The van der Waals surface area contributed by atoms with Crippen LogP contribution in [0.3, 0.4) is 0 Å². The lowest BCUT2D eigenvalue weighted by Gasteiger charge is -2.49. The highest BCUT2D eigenvalue weighted by atomic mass is 16.3. The van der Waals surface area contributed by atoms with Crippen molar-refractivity contribution in [2.75, 3.05) is 11.4 Å². The number of aliphatic hydroxyl groups excluding tert-OH is 1. The molecule has 7 heteroatoms. The first-order valence-corrected chi connectivity index (χ1v) is 11.4. The number of fused-ring (bicyclic) bond motifs is 3. The zero-order valence-corrected chi connectivity index (χ0v) is 19.4. The minimum atomic E-state index is -1.43. The van der Waals surface area contributed by atoms with Gasteiger partial charge in [-0.05, 0) is 36.5 Å². The minimum Gasteiger partial charge on any atom is -0.393 e. The van der Waals surface area contributed by atoms with Crippen LogP contribution in [0.2, 0.25) is 0 Å². The van der Waals surface area contributed by atoms with E-state index in [0.29, 0.717) is 24.2 Å². The van der Waals surface area contributed by atoms with Crippen molar-refractivity contribution in [2.45, 2.75) is 58.3 Å². The van der Waals surface area contributed by atoms with E-state index in [1.807, 2.05) is 44.2 Å². The van der Waals surface area contributed by atoms with Gasteiger partial charge in [0, 0.05) is 25.9 Å². The first-order valence-electron chi connectivity index (χ1n) is 11.4. The SMILES string of the molecule is C[C@H](O)CC(C)(C)CNC(=O)[C@]12CCC(=O)N1c1ccccc1C(=O)N2Cc1ccccc1. The second-order valence-electron chi connectivity index (χ2n) is 9.84. The van der Waals surface area contributed by atoms with Crippen molar-refractivity contribution in [3.63, 3.8) is 0 Å². The van der Waals surface area contributed by atoms with Crippen LogP contribution in [0.15, 0.2) is 54.6 Å². The molecule has 0 aromatic heterocycles. The monoisotopic (exact) mass is 449 g/mol. The molecular formula is C26H31N3O4. The first-order chi connectivity index (χ1) is 15.7. The van der Waals surface area contributed by atoms with Crippen molar-refractivity contribution in [1.82, 2.24) is 10.2 Å². The fourth-order valence-electron chi connectivity index (χ4n) is 5.10. The Morgan fingerprint density at radius 3 is 2.48 bits per heavy atom. The summed E-state index contributed by atoms with van der Waals surface area (Å²) in [6, 6.07) is 16.5. The maximum atomic E-state index is 13.9. The average Bonchev–Trinajstić information content (AvgIpc) is 3.13. The fraction of sp³-hybridized carbons (Fsp3) is 0.423. The van der Waals surface area contributed by atoms with Crippen molar-refractivity contribution < 1.29 is 19.5 Å². The summed E-state index contributed by atoms with van der Waals surface area (Å²) < 4.78 is 0. The molecular weight excluding hydrogens is 418 g/mol. The van der Waals surface area contributed by atoms with Crippen LogP contribution in [0.5, 0.6) is 0 Å². The number of amides is 3. The number of rotatable bonds is 7. The minimum absolute atomic E-state index is 0.175. The zero-order valence-electron chi connectivity index (χ0n) is 19.4. The number of carbonyl (C=O) groups is 3. The number of nitrogens with one attached hydrogen (secondary N) is 1. The van der Waals surface area contributed by atoms with Crippen molar-refractivity contribution in [3.05, 3.63) is 65.7 Å². The molecule has 1 saturated heterocycles. The van der Waals surface area contributed by atoms with E-state index < -0.39 is 11.8 Å². The Morgan fingerprint density at radius 1 is 1.12 bits per heavy atom. The predicted octanol–water partition coefficient (Wildman–Crippen LogP) is 3.08. The number of anilines is 1. The number of carbonyl (C=O) groups excluding carboxylic acids is 3. The summed E-state index contributed by atoms with van der Waals surface area (Å²) in [4.78, 5) is 43.7. The number of nitrogens with zero attached hydrogens (tertiary/aromatic N) is 2. The molecule has 2 N–H and O–H groups in total. The van der Waals surface area contributed by atoms with Gasteiger partial charge in [-0.1, -0.05) is 56.3 Å². The molecule has 0 saturated carbocycles. The Balaban J connectivity index is 1.76. The zero-order chi connectivity index (χ0) is 23.8. The summed E-state index contributed by atoms with van der Waals surface area (Å²) in [6.45, 7) is 6.19. The number of benzene rings is 2. The molecule has 1 fully saturated rings. The Bertz CT molecular complexity index is 1070. The predicted molar refractivity (Wildman–Crippen MR) is 125 cm³/mol. The quantitative estimate of drug-likeness (QED) is 0.680. The van der Waals surface area contributed by atoms with Crippen molar-refractivity contribution in [2.24, 2.45) is 5.41 Å². The Hall–Kier alpha value is -3.19. The third-order valence-corrected chi connectivity index (χ3v) is 6.50. The maximum absolute atomic E-state index is 13.9. The second-order valence-corrected chi connectivity index (χ2v) is 9.84. The summed E-state index contributed by atoms with van der Waals surface area (Å²) in [5, 5.41) is 12.8. The number of para-hydroxylation sites is 1. The summed E-state index contributed by atoms with van der Waals surface area (Å²) in [6.07, 6.45) is 0.411. The van der Waals surface area contributed by atoms with Crippen molar-refractivity contribution in [1.29, 1.82) is 0 Å². The molecule has 2 aromatic carbocycles. The fourth-order valence-corrected chi connectivity index (χ4v) is 5.10. The molecule has 7 nitrogen and oxygen atoms in total. The molecule has 3 amide bonds. The van der Waals surface area contributed by atoms with E-state index in [-0.39, 0.29) is 42.5 Å². The van der Waals surface area contributed by atoms with Crippen LogP contribution in [-0.2, 0) is 16.1 Å². The first kappa shape index (κ1) is 23.0. The normalized spacial score (nSPS) is 21.0. The van der Waals surface area contributed by atoms with Crippen LogP contribution < -0.4 is 10.2 Å². The average molecular weight is 450 g/mol. The molecule has 0 unspecified atom stereocenters. The van der Waals surface area contributed by atoms with E-state index in [0.717, 1.165) is 5.56 Å². The summed E-state index contributed by atoms with van der Waals surface area (Å²) in [5.41, 5.74) is -0.00557. The van der Waals surface area contributed by atoms with Gasteiger partial charge < -0.3 is 15.3 Å². The molecule has 2 heterocycles. The van der Waals surface area contributed by atoms with Gasteiger partial charge in [-0.3, -0.25) is 19.3 Å². The third kappa shape index (κ3) is 4.13. The molecule has 33 heavy (non-hydrogen) atoms. The van der Waals surface area contributed by atoms with Gasteiger partial charge >= 0.3 is 0 Å². The van der Waals surface area contributed by atoms with Gasteiger partial charge in [0.2, 0.25) is 11.6 Å². The van der Waals surface area contributed by atoms with Crippen LogP contribution in [0, 0.1) is 5.41 Å².